The van der Waals surface area contributed by atoms with Crippen molar-refractivity contribution in [3.63, 3.8) is 0 Å². The normalized spacial score (nSPS) is 23.2. The molecule has 2 rings (SSSR count). The Morgan fingerprint density at radius 2 is 2.19 bits per heavy atom. The van der Waals surface area contributed by atoms with E-state index in [1.165, 1.54) is 12.8 Å². The van der Waals surface area contributed by atoms with Gasteiger partial charge in [0.15, 0.2) is 0 Å². The van der Waals surface area contributed by atoms with Crippen LogP contribution >= 0.6 is 11.6 Å². The Morgan fingerprint density at radius 1 is 1.38 bits per heavy atom. The van der Waals surface area contributed by atoms with E-state index >= 15 is 0 Å². The van der Waals surface area contributed by atoms with Crippen molar-refractivity contribution in [2.45, 2.75) is 51.7 Å². The third-order valence-corrected chi connectivity index (χ3v) is 4.73. The molecule has 1 fully saturated rings. The van der Waals surface area contributed by atoms with E-state index in [0.29, 0.717) is 12.1 Å². The lowest BCUT2D eigenvalue weighted by Gasteiger charge is -2.40. The predicted octanol–water partition coefficient (Wildman–Crippen LogP) is 3.70. The summed E-state index contributed by atoms with van der Waals surface area (Å²) in [5.74, 6) is 0.892. The van der Waals surface area contributed by atoms with E-state index in [9.17, 15) is 0 Å². The second-order valence-corrected chi connectivity index (χ2v) is 6.21. The molecule has 0 bridgehead atoms. The second kappa shape index (κ2) is 8.02. The molecule has 1 aromatic rings. The summed E-state index contributed by atoms with van der Waals surface area (Å²) in [5.41, 5.74) is 1.11. The highest BCUT2D eigenvalue weighted by Crippen LogP contribution is 2.29. The molecule has 1 aliphatic rings. The van der Waals surface area contributed by atoms with E-state index in [2.05, 4.69) is 24.1 Å². The summed E-state index contributed by atoms with van der Waals surface area (Å²) in [6, 6.07) is 7.05. The maximum atomic E-state index is 6.39. The number of halogens is 1. The van der Waals surface area contributed by atoms with Crippen molar-refractivity contribution >= 4 is 11.6 Å². The predicted molar refractivity (Wildman–Crippen MR) is 89.2 cm³/mol. The summed E-state index contributed by atoms with van der Waals surface area (Å²) in [4.78, 5) is 2.56. The third-order valence-electron chi connectivity index (χ3n) is 4.38. The van der Waals surface area contributed by atoms with Crippen molar-refractivity contribution in [1.29, 1.82) is 0 Å². The van der Waals surface area contributed by atoms with Crippen LogP contribution in [-0.4, -0.2) is 37.2 Å². The highest BCUT2D eigenvalue weighted by molar-refractivity contribution is 6.31. The van der Waals surface area contributed by atoms with Gasteiger partial charge in [0.1, 0.15) is 5.75 Å². The fourth-order valence-electron chi connectivity index (χ4n) is 3.15. The van der Waals surface area contributed by atoms with Crippen LogP contribution in [0, 0.1) is 0 Å². The number of hydrogen-bond donors (Lipinski definition) is 1. The maximum absolute atomic E-state index is 6.39. The smallest absolute Gasteiger partial charge is 0.124 e. The van der Waals surface area contributed by atoms with Crippen molar-refractivity contribution in [3.05, 3.63) is 28.8 Å². The van der Waals surface area contributed by atoms with Gasteiger partial charge in [-0.1, -0.05) is 37.9 Å². The van der Waals surface area contributed by atoms with E-state index in [1.54, 1.807) is 7.11 Å². The van der Waals surface area contributed by atoms with Crippen LogP contribution in [0.4, 0.5) is 0 Å². The molecular formula is C17H27ClN2O. The van der Waals surface area contributed by atoms with Crippen LogP contribution in [0.25, 0.3) is 0 Å². The van der Waals surface area contributed by atoms with Gasteiger partial charge in [0.2, 0.25) is 0 Å². The minimum atomic E-state index is 0.569. The zero-order chi connectivity index (χ0) is 15.2. The highest BCUT2D eigenvalue weighted by atomic mass is 35.5. The number of piperazine rings is 1. The van der Waals surface area contributed by atoms with Gasteiger partial charge in [-0.15, -0.1) is 0 Å². The molecular weight excluding hydrogens is 284 g/mol. The van der Waals surface area contributed by atoms with Gasteiger partial charge in [-0.3, -0.25) is 4.90 Å². The number of hydrogen-bond acceptors (Lipinski definition) is 3. The van der Waals surface area contributed by atoms with Gasteiger partial charge in [-0.05, 0) is 25.0 Å². The van der Waals surface area contributed by atoms with Crippen LogP contribution in [0.15, 0.2) is 18.2 Å². The Morgan fingerprint density at radius 3 is 2.86 bits per heavy atom. The van der Waals surface area contributed by atoms with Crippen LogP contribution < -0.4 is 10.1 Å². The summed E-state index contributed by atoms with van der Waals surface area (Å²) < 4.78 is 5.48. The second-order valence-electron chi connectivity index (χ2n) is 5.81. The number of benzene rings is 1. The van der Waals surface area contributed by atoms with Gasteiger partial charge in [-0.2, -0.15) is 0 Å². The SMILES string of the molecule is CCCC1CN(Cc2c(Cl)cccc2OC)C(CC)CN1. The van der Waals surface area contributed by atoms with Gasteiger partial charge in [0.05, 0.1) is 7.11 Å². The molecule has 4 heteroatoms. The fourth-order valence-corrected chi connectivity index (χ4v) is 3.38. The van der Waals surface area contributed by atoms with Gasteiger partial charge in [0, 0.05) is 42.3 Å². The largest absolute Gasteiger partial charge is 0.496 e. The molecule has 2 atom stereocenters. The first kappa shape index (κ1) is 16.6. The molecule has 0 amide bonds. The topological polar surface area (TPSA) is 24.5 Å². The lowest BCUT2D eigenvalue weighted by molar-refractivity contribution is 0.114. The lowest BCUT2D eigenvalue weighted by atomic mass is 10.0. The first-order chi connectivity index (χ1) is 10.2. The van der Waals surface area contributed by atoms with Crippen molar-refractivity contribution in [2.24, 2.45) is 0 Å². The van der Waals surface area contributed by atoms with Gasteiger partial charge in [0.25, 0.3) is 0 Å². The minimum Gasteiger partial charge on any atom is -0.496 e. The summed E-state index contributed by atoms with van der Waals surface area (Å²) >= 11 is 6.39. The maximum Gasteiger partial charge on any atom is 0.124 e. The van der Waals surface area contributed by atoms with Crippen LogP contribution in [0.1, 0.15) is 38.7 Å². The van der Waals surface area contributed by atoms with Gasteiger partial charge >= 0.3 is 0 Å². The summed E-state index contributed by atoms with van der Waals surface area (Å²) in [5, 5.41) is 4.47. The molecule has 118 valence electrons. The number of ether oxygens (including phenoxy) is 1. The highest BCUT2D eigenvalue weighted by Gasteiger charge is 2.27. The third kappa shape index (κ3) is 4.12. The Hall–Kier alpha value is -0.770. The Kier molecular flexibility index (Phi) is 6.34. The van der Waals surface area contributed by atoms with Gasteiger partial charge < -0.3 is 10.1 Å². The van der Waals surface area contributed by atoms with Crippen molar-refractivity contribution in [1.82, 2.24) is 10.2 Å². The Bertz CT molecular complexity index is 452. The first-order valence-corrected chi connectivity index (χ1v) is 8.36. The Labute approximate surface area is 133 Å². The summed E-state index contributed by atoms with van der Waals surface area (Å²) in [6.07, 6.45) is 3.60. The molecule has 0 aromatic heterocycles. The van der Waals surface area contributed by atoms with Crippen LogP contribution in [0.5, 0.6) is 5.75 Å². The van der Waals surface area contributed by atoms with Crippen LogP contribution in [0.3, 0.4) is 0 Å². The molecule has 0 saturated carbocycles. The number of nitrogens with zero attached hydrogens (tertiary/aromatic N) is 1. The number of rotatable bonds is 6. The molecule has 0 spiro atoms. The zero-order valence-electron chi connectivity index (χ0n) is 13.4. The van der Waals surface area contributed by atoms with E-state index < -0.39 is 0 Å². The van der Waals surface area contributed by atoms with Crippen molar-refractivity contribution in [3.8, 4) is 5.75 Å². The average molecular weight is 311 g/mol. The minimum absolute atomic E-state index is 0.569. The average Bonchev–Trinajstić information content (AvgIpc) is 2.50. The van der Waals surface area contributed by atoms with Crippen molar-refractivity contribution in [2.75, 3.05) is 20.2 Å². The zero-order valence-corrected chi connectivity index (χ0v) is 14.1. The van der Waals surface area contributed by atoms with E-state index in [0.717, 1.165) is 42.4 Å². The monoisotopic (exact) mass is 310 g/mol. The number of methoxy groups -OCH3 is 1. The van der Waals surface area contributed by atoms with Crippen LogP contribution in [0.2, 0.25) is 5.02 Å². The lowest BCUT2D eigenvalue weighted by Crippen LogP contribution is -2.55. The Balaban J connectivity index is 2.15. The molecule has 1 aliphatic heterocycles. The molecule has 1 saturated heterocycles. The molecule has 1 heterocycles. The van der Waals surface area contributed by atoms with E-state index in [-0.39, 0.29) is 0 Å². The fraction of sp³-hybridized carbons (Fsp3) is 0.647. The summed E-state index contributed by atoms with van der Waals surface area (Å²) in [7, 11) is 1.71. The quantitative estimate of drug-likeness (QED) is 0.867. The molecule has 0 radical (unpaired) electrons. The molecule has 1 N–H and O–H groups in total. The first-order valence-electron chi connectivity index (χ1n) is 7.98. The molecule has 3 nitrogen and oxygen atoms in total. The van der Waals surface area contributed by atoms with Gasteiger partial charge in [-0.25, -0.2) is 0 Å². The van der Waals surface area contributed by atoms with E-state index in [1.807, 2.05) is 18.2 Å². The van der Waals surface area contributed by atoms with Crippen LogP contribution in [-0.2, 0) is 6.54 Å². The molecule has 1 aromatic carbocycles. The van der Waals surface area contributed by atoms with Crippen molar-refractivity contribution < 1.29 is 4.74 Å². The molecule has 21 heavy (non-hydrogen) atoms. The molecule has 2 unspecified atom stereocenters. The molecule has 0 aliphatic carbocycles. The standard InChI is InChI=1S/C17H27ClN2O/c1-4-7-13-11-20(14(5-2)10-19-13)12-15-16(18)8-6-9-17(15)21-3/h6,8-9,13-14,19H,4-5,7,10-12H2,1-3H3. The summed E-state index contributed by atoms with van der Waals surface area (Å²) in [6.45, 7) is 7.51. The number of nitrogens with one attached hydrogen (secondary N) is 1. The van der Waals surface area contributed by atoms with E-state index in [4.69, 9.17) is 16.3 Å².